The molecule has 0 unspecified atom stereocenters. The SMILES string of the molecule is Cc1ccc(-n2c(C)cc(/C=C(/C#N)C(=O)Nc3cccc(Br)c3)c2C)cc1C. The molecule has 1 aromatic heterocycles. The zero-order chi connectivity index (χ0) is 21.1. The molecule has 5 heteroatoms. The lowest BCUT2D eigenvalue weighted by atomic mass is 10.1. The Bertz CT molecular complexity index is 1170. The number of amides is 1. The van der Waals surface area contributed by atoms with Crippen LogP contribution in [0.25, 0.3) is 11.8 Å². The first kappa shape index (κ1) is 20.6. The molecule has 3 rings (SSSR count). The minimum absolute atomic E-state index is 0.0605. The monoisotopic (exact) mass is 447 g/mol. The molecule has 0 saturated heterocycles. The van der Waals surface area contributed by atoms with Crippen LogP contribution < -0.4 is 5.32 Å². The lowest BCUT2D eigenvalue weighted by Gasteiger charge is -2.12. The summed E-state index contributed by atoms with van der Waals surface area (Å²) in [5, 5.41) is 12.3. The number of aromatic nitrogens is 1. The number of aryl methyl sites for hydroxylation is 3. The summed E-state index contributed by atoms with van der Waals surface area (Å²) in [6, 6.07) is 17.6. The summed E-state index contributed by atoms with van der Waals surface area (Å²) in [7, 11) is 0. The van der Waals surface area contributed by atoms with Gasteiger partial charge in [0.1, 0.15) is 11.6 Å². The van der Waals surface area contributed by atoms with Gasteiger partial charge in [0.05, 0.1) is 0 Å². The van der Waals surface area contributed by atoms with Crippen molar-refractivity contribution in [3.63, 3.8) is 0 Å². The number of nitrogens with zero attached hydrogens (tertiary/aromatic N) is 2. The van der Waals surface area contributed by atoms with Gasteiger partial charge in [0.15, 0.2) is 0 Å². The first-order valence-electron chi connectivity index (χ1n) is 9.25. The summed E-state index contributed by atoms with van der Waals surface area (Å²) in [6.07, 6.45) is 1.65. The van der Waals surface area contributed by atoms with Crippen LogP contribution in [0, 0.1) is 39.0 Å². The van der Waals surface area contributed by atoms with Crippen LogP contribution in [0.4, 0.5) is 5.69 Å². The highest BCUT2D eigenvalue weighted by Crippen LogP contribution is 2.25. The molecule has 0 aliphatic rings. The number of hydrogen-bond donors (Lipinski definition) is 1. The summed E-state index contributed by atoms with van der Waals surface area (Å²) in [5.74, 6) is -0.429. The molecule has 29 heavy (non-hydrogen) atoms. The van der Waals surface area contributed by atoms with E-state index >= 15 is 0 Å². The first-order valence-corrected chi connectivity index (χ1v) is 10.0. The molecule has 0 bridgehead atoms. The lowest BCUT2D eigenvalue weighted by Crippen LogP contribution is -2.13. The van der Waals surface area contributed by atoms with E-state index in [9.17, 15) is 10.1 Å². The number of rotatable bonds is 4. The van der Waals surface area contributed by atoms with Crippen molar-refractivity contribution in [3.05, 3.63) is 86.7 Å². The van der Waals surface area contributed by atoms with E-state index in [1.807, 2.05) is 38.1 Å². The second-order valence-corrected chi connectivity index (χ2v) is 7.98. The van der Waals surface area contributed by atoms with Crippen LogP contribution in [-0.2, 0) is 4.79 Å². The third kappa shape index (κ3) is 4.49. The van der Waals surface area contributed by atoms with E-state index in [1.165, 1.54) is 11.1 Å². The Kier molecular flexibility index (Phi) is 6.05. The molecular weight excluding hydrogens is 426 g/mol. The maximum Gasteiger partial charge on any atom is 0.266 e. The maximum atomic E-state index is 12.6. The number of anilines is 1. The number of benzene rings is 2. The number of nitrogens with one attached hydrogen (secondary N) is 1. The van der Waals surface area contributed by atoms with E-state index in [4.69, 9.17) is 0 Å². The Balaban J connectivity index is 1.95. The summed E-state index contributed by atoms with van der Waals surface area (Å²) in [5.41, 5.74) is 7.10. The van der Waals surface area contributed by atoms with Crippen molar-refractivity contribution < 1.29 is 4.79 Å². The van der Waals surface area contributed by atoms with Crippen LogP contribution in [0.3, 0.4) is 0 Å². The van der Waals surface area contributed by atoms with Crippen LogP contribution in [0.5, 0.6) is 0 Å². The van der Waals surface area contributed by atoms with Gasteiger partial charge in [-0.3, -0.25) is 4.79 Å². The van der Waals surface area contributed by atoms with Crippen molar-refractivity contribution in [2.75, 3.05) is 5.32 Å². The summed E-state index contributed by atoms with van der Waals surface area (Å²) in [6.45, 7) is 8.20. The van der Waals surface area contributed by atoms with Crippen molar-refractivity contribution in [1.82, 2.24) is 4.57 Å². The molecule has 146 valence electrons. The smallest absolute Gasteiger partial charge is 0.266 e. The molecule has 1 N–H and O–H groups in total. The standard InChI is InChI=1S/C24H22BrN3O/c1-15-8-9-23(10-16(15)2)28-17(3)11-19(18(28)4)12-20(14-26)24(29)27-22-7-5-6-21(25)13-22/h5-13H,1-4H3,(H,27,29)/b20-12-. The van der Waals surface area contributed by atoms with Crippen molar-refractivity contribution in [2.24, 2.45) is 0 Å². The van der Waals surface area contributed by atoms with E-state index in [2.05, 4.69) is 57.9 Å². The average molecular weight is 448 g/mol. The number of halogens is 1. The Morgan fingerprint density at radius 1 is 1.07 bits per heavy atom. The van der Waals surface area contributed by atoms with Gasteiger partial charge in [-0.2, -0.15) is 5.26 Å². The Labute approximate surface area is 179 Å². The fourth-order valence-corrected chi connectivity index (χ4v) is 3.66. The third-order valence-corrected chi connectivity index (χ3v) is 5.46. The first-order chi connectivity index (χ1) is 13.8. The van der Waals surface area contributed by atoms with Gasteiger partial charge in [0, 0.05) is 27.2 Å². The molecule has 0 spiro atoms. The van der Waals surface area contributed by atoms with E-state index in [0.717, 1.165) is 27.1 Å². The van der Waals surface area contributed by atoms with Crippen LogP contribution in [0.2, 0.25) is 0 Å². The molecule has 1 heterocycles. The van der Waals surface area contributed by atoms with Crippen molar-refractivity contribution in [3.8, 4) is 11.8 Å². The molecule has 0 atom stereocenters. The minimum atomic E-state index is -0.429. The van der Waals surface area contributed by atoms with Gasteiger partial charge in [0.2, 0.25) is 0 Å². The van der Waals surface area contributed by atoms with Crippen LogP contribution in [0.1, 0.15) is 28.1 Å². The molecule has 3 aromatic rings. The predicted molar refractivity (Wildman–Crippen MR) is 121 cm³/mol. The lowest BCUT2D eigenvalue weighted by molar-refractivity contribution is -0.112. The molecule has 0 radical (unpaired) electrons. The van der Waals surface area contributed by atoms with Crippen molar-refractivity contribution in [1.29, 1.82) is 5.26 Å². The normalized spacial score (nSPS) is 11.2. The second-order valence-electron chi connectivity index (χ2n) is 7.06. The highest BCUT2D eigenvalue weighted by atomic mass is 79.9. The highest BCUT2D eigenvalue weighted by Gasteiger charge is 2.14. The molecule has 0 aliphatic carbocycles. The van der Waals surface area contributed by atoms with Gasteiger partial charge in [-0.25, -0.2) is 0 Å². The van der Waals surface area contributed by atoms with Gasteiger partial charge in [-0.15, -0.1) is 0 Å². The summed E-state index contributed by atoms with van der Waals surface area (Å²) in [4.78, 5) is 12.6. The van der Waals surface area contributed by atoms with Gasteiger partial charge in [-0.05, 0) is 86.9 Å². The fourth-order valence-electron chi connectivity index (χ4n) is 3.26. The quantitative estimate of drug-likeness (QED) is 0.392. The van der Waals surface area contributed by atoms with Gasteiger partial charge < -0.3 is 9.88 Å². The van der Waals surface area contributed by atoms with E-state index < -0.39 is 5.91 Å². The number of carbonyl (C=O) groups excluding carboxylic acids is 1. The van der Waals surface area contributed by atoms with Crippen LogP contribution in [-0.4, -0.2) is 10.5 Å². The highest BCUT2D eigenvalue weighted by molar-refractivity contribution is 9.10. The molecule has 0 aliphatic heterocycles. The minimum Gasteiger partial charge on any atom is -0.321 e. The Morgan fingerprint density at radius 3 is 2.48 bits per heavy atom. The fraction of sp³-hybridized carbons (Fsp3) is 0.167. The molecule has 0 fully saturated rings. The maximum absolute atomic E-state index is 12.6. The Hall–Kier alpha value is -3.10. The third-order valence-electron chi connectivity index (χ3n) is 4.97. The predicted octanol–water partition coefficient (Wildman–Crippen LogP) is 6.02. The molecule has 0 saturated carbocycles. The summed E-state index contributed by atoms with van der Waals surface area (Å²) < 4.78 is 2.99. The number of carbonyl (C=O) groups is 1. The van der Waals surface area contributed by atoms with Crippen LogP contribution in [0.15, 0.2) is 58.6 Å². The van der Waals surface area contributed by atoms with E-state index in [1.54, 1.807) is 18.2 Å². The topological polar surface area (TPSA) is 57.8 Å². The van der Waals surface area contributed by atoms with Crippen LogP contribution >= 0.6 is 15.9 Å². The van der Waals surface area contributed by atoms with Gasteiger partial charge in [-0.1, -0.05) is 28.1 Å². The molecule has 4 nitrogen and oxygen atoms in total. The molecule has 2 aromatic carbocycles. The molecule has 1 amide bonds. The zero-order valence-electron chi connectivity index (χ0n) is 16.9. The van der Waals surface area contributed by atoms with Crippen molar-refractivity contribution >= 4 is 33.6 Å². The van der Waals surface area contributed by atoms with E-state index in [-0.39, 0.29) is 5.57 Å². The number of nitriles is 1. The largest absolute Gasteiger partial charge is 0.321 e. The number of hydrogen-bond acceptors (Lipinski definition) is 2. The van der Waals surface area contributed by atoms with E-state index in [0.29, 0.717) is 5.69 Å². The average Bonchev–Trinajstić information content (AvgIpc) is 2.95. The van der Waals surface area contributed by atoms with Gasteiger partial charge >= 0.3 is 0 Å². The van der Waals surface area contributed by atoms with Crippen molar-refractivity contribution in [2.45, 2.75) is 27.7 Å². The van der Waals surface area contributed by atoms with Gasteiger partial charge in [0.25, 0.3) is 5.91 Å². The summed E-state index contributed by atoms with van der Waals surface area (Å²) >= 11 is 3.38. The second kappa shape index (κ2) is 8.50. The molecular formula is C24H22BrN3O. The Morgan fingerprint density at radius 2 is 1.83 bits per heavy atom. The zero-order valence-corrected chi connectivity index (χ0v) is 18.5.